The van der Waals surface area contributed by atoms with Crippen LogP contribution in [0.4, 0.5) is 0 Å². The number of aromatic nitrogens is 1. The number of cyclic esters (lactones) is 1. The first kappa shape index (κ1) is 12.8. The maximum atomic E-state index is 12.4. The van der Waals surface area contributed by atoms with Gasteiger partial charge >= 0.3 is 5.97 Å². The summed E-state index contributed by atoms with van der Waals surface area (Å²) in [5, 5.41) is 0. The molecular weight excluding hydrogens is 274 g/mol. The number of carbonyl (C=O) groups is 1. The van der Waals surface area contributed by atoms with E-state index in [2.05, 4.69) is 4.98 Å². The van der Waals surface area contributed by atoms with E-state index in [1.165, 1.54) is 0 Å². The van der Waals surface area contributed by atoms with Gasteiger partial charge in [-0.25, -0.2) is 4.79 Å². The van der Waals surface area contributed by atoms with Crippen LogP contribution in [0, 0.1) is 0 Å². The maximum Gasteiger partial charge on any atom is 0.340 e. The number of hydrogen-bond donors (Lipinski definition) is 0. The summed E-state index contributed by atoms with van der Waals surface area (Å²) in [6.07, 6.45) is 1.72. The first-order valence-corrected chi connectivity index (χ1v) is 7.12. The number of ether oxygens (including phenoxy) is 1. The van der Waals surface area contributed by atoms with Gasteiger partial charge in [-0.1, -0.05) is 54.6 Å². The summed E-state index contributed by atoms with van der Waals surface area (Å²) in [4.78, 5) is 16.8. The molecule has 0 saturated heterocycles. The lowest BCUT2D eigenvalue weighted by Crippen LogP contribution is -2.30. The molecule has 1 aliphatic rings. The van der Waals surface area contributed by atoms with Gasteiger partial charge in [0.1, 0.15) is 0 Å². The average molecular weight is 287 g/mol. The van der Waals surface area contributed by atoms with Gasteiger partial charge in [0.25, 0.3) is 0 Å². The Labute approximate surface area is 128 Å². The number of esters is 1. The lowest BCUT2D eigenvalue weighted by Gasteiger charge is -2.28. The molecule has 0 saturated carbocycles. The van der Waals surface area contributed by atoms with E-state index in [4.69, 9.17) is 4.74 Å². The van der Waals surface area contributed by atoms with Crippen molar-refractivity contribution < 1.29 is 9.53 Å². The number of pyridine rings is 1. The van der Waals surface area contributed by atoms with Crippen molar-refractivity contribution in [3.63, 3.8) is 0 Å². The highest BCUT2D eigenvalue weighted by atomic mass is 16.6. The van der Waals surface area contributed by atoms with Crippen molar-refractivity contribution in [2.75, 3.05) is 0 Å². The lowest BCUT2D eigenvalue weighted by molar-refractivity contribution is 0.0239. The SMILES string of the molecule is O=C1O[C@](c2ccccc2)(c2ccccn2)c2ccccc21. The summed E-state index contributed by atoms with van der Waals surface area (Å²) in [6.45, 7) is 0. The van der Waals surface area contributed by atoms with E-state index in [1.807, 2.05) is 66.7 Å². The van der Waals surface area contributed by atoms with Gasteiger partial charge in [0.2, 0.25) is 5.60 Å². The molecule has 2 aromatic carbocycles. The van der Waals surface area contributed by atoms with Gasteiger partial charge in [0.15, 0.2) is 0 Å². The molecular formula is C19H13NO2. The fraction of sp³-hybridized carbons (Fsp3) is 0.0526. The molecule has 3 aromatic rings. The molecule has 1 aliphatic heterocycles. The molecule has 0 aliphatic carbocycles. The van der Waals surface area contributed by atoms with Gasteiger partial charge in [-0.3, -0.25) is 4.98 Å². The second-order valence-electron chi connectivity index (χ2n) is 5.20. The normalized spacial score (nSPS) is 19.5. The van der Waals surface area contributed by atoms with Gasteiger partial charge in [0, 0.05) is 17.3 Å². The molecule has 3 nitrogen and oxygen atoms in total. The number of fused-ring (bicyclic) bond motifs is 1. The van der Waals surface area contributed by atoms with E-state index in [0.717, 1.165) is 11.1 Å². The number of rotatable bonds is 2. The van der Waals surface area contributed by atoms with Crippen molar-refractivity contribution >= 4 is 5.97 Å². The minimum Gasteiger partial charge on any atom is -0.439 e. The third-order valence-electron chi connectivity index (χ3n) is 3.98. The Balaban J connectivity index is 2.06. The zero-order valence-electron chi connectivity index (χ0n) is 11.8. The Morgan fingerprint density at radius 3 is 2.32 bits per heavy atom. The van der Waals surface area contributed by atoms with Crippen molar-refractivity contribution in [1.29, 1.82) is 0 Å². The van der Waals surface area contributed by atoms with Crippen LogP contribution < -0.4 is 0 Å². The summed E-state index contributed by atoms with van der Waals surface area (Å²) < 4.78 is 5.89. The van der Waals surface area contributed by atoms with Crippen LogP contribution in [0.15, 0.2) is 79.0 Å². The molecule has 0 unspecified atom stereocenters. The highest BCUT2D eigenvalue weighted by molar-refractivity contribution is 5.96. The van der Waals surface area contributed by atoms with E-state index in [1.54, 1.807) is 12.3 Å². The van der Waals surface area contributed by atoms with Gasteiger partial charge < -0.3 is 4.74 Å². The summed E-state index contributed by atoms with van der Waals surface area (Å²) in [5.41, 5.74) is 2.06. The monoisotopic (exact) mass is 287 g/mol. The third kappa shape index (κ3) is 1.69. The fourth-order valence-electron chi connectivity index (χ4n) is 3.01. The van der Waals surface area contributed by atoms with Crippen LogP contribution in [-0.4, -0.2) is 11.0 Å². The molecule has 106 valence electrons. The predicted molar refractivity (Wildman–Crippen MR) is 82.4 cm³/mol. The Hall–Kier alpha value is -2.94. The molecule has 0 bridgehead atoms. The molecule has 2 heterocycles. The van der Waals surface area contributed by atoms with Gasteiger partial charge in [0.05, 0.1) is 11.3 Å². The zero-order chi connectivity index (χ0) is 15.0. The second kappa shape index (κ2) is 4.81. The highest BCUT2D eigenvalue weighted by Crippen LogP contribution is 2.45. The smallest absolute Gasteiger partial charge is 0.340 e. The summed E-state index contributed by atoms with van der Waals surface area (Å²) in [6, 6.07) is 22.9. The molecule has 3 heteroatoms. The Bertz CT molecular complexity index is 789. The van der Waals surface area contributed by atoms with Gasteiger partial charge in [-0.15, -0.1) is 0 Å². The van der Waals surface area contributed by atoms with E-state index >= 15 is 0 Å². The van der Waals surface area contributed by atoms with E-state index in [9.17, 15) is 4.79 Å². The van der Waals surface area contributed by atoms with Crippen molar-refractivity contribution in [1.82, 2.24) is 4.98 Å². The van der Waals surface area contributed by atoms with Crippen LogP contribution in [0.2, 0.25) is 0 Å². The predicted octanol–water partition coefficient (Wildman–Crippen LogP) is 3.54. The average Bonchev–Trinajstić information content (AvgIpc) is 2.91. The standard InChI is InChI=1S/C19H13NO2/c21-18-15-10-4-5-11-16(15)19(22-18,14-8-2-1-3-9-14)17-12-6-7-13-20-17/h1-13H/t19-/m0/s1. The van der Waals surface area contributed by atoms with Crippen molar-refractivity contribution in [3.05, 3.63) is 101 Å². The fourth-order valence-corrected chi connectivity index (χ4v) is 3.01. The van der Waals surface area contributed by atoms with Crippen molar-refractivity contribution in [3.8, 4) is 0 Å². The van der Waals surface area contributed by atoms with Crippen molar-refractivity contribution in [2.45, 2.75) is 5.60 Å². The molecule has 1 aromatic heterocycles. The molecule has 4 rings (SSSR count). The van der Waals surface area contributed by atoms with Crippen LogP contribution in [-0.2, 0) is 10.3 Å². The topological polar surface area (TPSA) is 39.2 Å². The zero-order valence-corrected chi connectivity index (χ0v) is 11.8. The van der Waals surface area contributed by atoms with Crippen LogP contribution in [0.5, 0.6) is 0 Å². The molecule has 22 heavy (non-hydrogen) atoms. The van der Waals surface area contributed by atoms with Crippen LogP contribution >= 0.6 is 0 Å². The molecule has 0 spiro atoms. The summed E-state index contributed by atoms with van der Waals surface area (Å²) in [5.74, 6) is -0.315. The minimum atomic E-state index is -0.976. The van der Waals surface area contributed by atoms with E-state index in [-0.39, 0.29) is 5.97 Å². The Morgan fingerprint density at radius 2 is 1.55 bits per heavy atom. The maximum absolute atomic E-state index is 12.4. The van der Waals surface area contributed by atoms with Gasteiger partial charge in [-0.2, -0.15) is 0 Å². The highest BCUT2D eigenvalue weighted by Gasteiger charge is 2.49. The number of hydrogen-bond acceptors (Lipinski definition) is 3. The molecule has 0 fully saturated rings. The lowest BCUT2D eigenvalue weighted by atomic mass is 9.82. The largest absolute Gasteiger partial charge is 0.439 e. The molecule has 0 amide bonds. The first-order chi connectivity index (χ1) is 10.8. The first-order valence-electron chi connectivity index (χ1n) is 7.12. The van der Waals surface area contributed by atoms with E-state index in [0.29, 0.717) is 11.3 Å². The number of benzene rings is 2. The summed E-state index contributed by atoms with van der Waals surface area (Å²) in [7, 11) is 0. The van der Waals surface area contributed by atoms with Crippen LogP contribution in [0.1, 0.15) is 27.2 Å². The number of nitrogens with zero attached hydrogens (tertiary/aromatic N) is 1. The quantitative estimate of drug-likeness (QED) is 0.677. The van der Waals surface area contributed by atoms with Gasteiger partial charge in [-0.05, 0) is 18.2 Å². The minimum absolute atomic E-state index is 0.315. The summed E-state index contributed by atoms with van der Waals surface area (Å²) >= 11 is 0. The molecule has 0 radical (unpaired) electrons. The second-order valence-corrected chi connectivity index (χ2v) is 5.20. The third-order valence-corrected chi connectivity index (χ3v) is 3.98. The van der Waals surface area contributed by atoms with Crippen LogP contribution in [0.3, 0.4) is 0 Å². The molecule has 1 atom stereocenters. The molecule has 0 N–H and O–H groups in total. The van der Waals surface area contributed by atoms with E-state index < -0.39 is 5.60 Å². The van der Waals surface area contributed by atoms with Crippen molar-refractivity contribution in [2.24, 2.45) is 0 Å². The Morgan fingerprint density at radius 1 is 0.818 bits per heavy atom. The number of carbonyl (C=O) groups excluding carboxylic acids is 1. The van der Waals surface area contributed by atoms with Crippen LogP contribution in [0.25, 0.3) is 0 Å². The Kier molecular flexibility index (Phi) is 2.79.